The maximum Gasteiger partial charge on any atom is 0.120 e. The molecule has 90 valence electrons. The number of thiol groups is 1. The topological polar surface area (TPSA) is 35.2 Å². The van der Waals surface area contributed by atoms with Crippen LogP contribution in [-0.4, -0.2) is 18.4 Å². The van der Waals surface area contributed by atoms with Crippen molar-refractivity contribution in [1.29, 1.82) is 0 Å². The average Bonchev–Trinajstić information content (AvgIpc) is 2.28. The molecule has 0 radical (unpaired) electrons. The van der Waals surface area contributed by atoms with Crippen LogP contribution in [0.4, 0.5) is 0 Å². The van der Waals surface area contributed by atoms with E-state index in [9.17, 15) is 0 Å². The second kappa shape index (κ2) is 7.82. The molecule has 1 aromatic rings. The molecule has 1 rings (SSSR count). The zero-order valence-electron chi connectivity index (χ0n) is 9.23. The predicted octanol–water partition coefficient (Wildman–Crippen LogP) is 3.15. The molecule has 0 fully saturated rings. The number of hydrogen-bond acceptors (Lipinski definition) is 3. The molecule has 4 heteroatoms. The van der Waals surface area contributed by atoms with Gasteiger partial charge in [-0.2, -0.15) is 12.6 Å². The second-order valence-corrected chi connectivity index (χ2v) is 4.55. The van der Waals surface area contributed by atoms with E-state index < -0.39 is 0 Å². The summed E-state index contributed by atoms with van der Waals surface area (Å²) in [5, 5.41) is 0.703. The van der Waals surface area contributed by atoms with Gasteiger partial charge in [0.15, 0.2) is 0 Å². The molecule has 16 heavy (non-hydrogen) atoms. The number of benzene rings is 1. The SMILES string of the molecule is NC(CS)CCCCOc1cccc(Cl)c1. The fourth-order valence-corrected chi connectivity index (χ4v) is 1.71. The molecule has 0 bridgehead atoms. The third-order valence-corrected chi connectivity index (χ3v) is 2.97. The zero-order chi connectivity index (χ0) is 11.8. The van der Waals surface area contributed by atoms with Gasteiger partial charge in [-0.05, 0) is 37.5 Å². The van der Waals surface area contributed by atoms with Crippen LogP contribution in [-0.2, 0) is 0 Å². The van der Waals surface area contributed by atoms with E-state index in [1.807, 2.05) is 24.3 Å². The molecule has 1 atom stereocenters. The quantitative estimate of drug-likeness (QED) is 0.583. The van der Waals surface area contributed by atoms with Crippen LogP contribution in [0.2, 0.25) is 5.02 Å². The normalized spacial score (nSPS) is 12.4. The number of halogens is 1. The molecule has 0 aromatic heterocycles. The minimum atomic E-state index is 0.203. The molecular weight excluding hydrogens is 242 g/mol. The highest BCUT2D eigenvalue weighted by molar-refractivity contribution is 7.80. The van der Waals surface area contributed by atoms with Crippen molar-refractivity contribution in [3.8, 4) is 5.75 Å². The Balaban J connectivity index is 2.12. The number of unbranched alkanes of at least 4 members (excludes halogenated alkanes) is 1. The minimum absolute atomic E-state index is 0.203. The Bertz CT molecular complexity index is 309. The average molecular weight is 260 g/mol. The van der Waals surface area contributed by atoms with Crippen LogP contribution < -0.4 is 10.5 Å². The van der Waals surface area contributed by atoms with Gasteiger partial charge in [-0.15, -0.1) is 0 Å². The Morgan fingerprint density at radius 3 is 2.88 bits per heavy atom. The number of nitrogens with two attached hydrogens (primary N) is 1. The van der Waals surface area contributed by atoms with Gasteiger partial charge >= 0.3 is 0 Å². The Morgan fingerprint density at radius 2 is 2.19 bits per heavy atom. The number of hydrogen-bond donors (Lipinski definition) is 2. The monoisotopic (exact) mass is 259 g/mol. The lowest BCUT2D eigenvalue weighted by Crippen LogP contribution is -2.21. The third kappa shape index (κ3) is 5.64. The lowest BCUT2D eigenvalue weighted by molar-refractivity contribution is 0.304. The van der Waals surface area contributed by atoms with Crippen LogP contribution in [0.25, 0.3) is 0 Å². The fraction of sp³-hybridized carbons (Fsp3) is 0.500. The molecule has 0 aliphatic carbocycles. The van der Waals surface area contributed by atoms with Crippen molar-refractivity contribution < 1.29 is 4.74 Å². The van der Waals surface area contributed by atoms with Gasteiger partial charge in [0.25, 0.3) is 0 Å². The van der Waals surface area contributed by atoms with Crippen molar-refractivity contribution in [3.63, 3.8) is 0 Å². The summed E-state index contributed by atoms with van der Waals surface area (Å²) < 4.78 is 5.56. The van der Waals surface area contributed by atoms with Gasteiger partial charge in [0.05, 0.1) is 6.61 Å². The molecule has 1 unspecified atom stereocenters. The van der Waals surface area contributed by atoms with Crippen LogP contribution in [0.3, 0.4) is 0 Å². The van der Waals surface area contributed by atoms with E-state index in [-0.39, 0.29) is 6.04 Å². The van der Waals surface area contributed by atoms with Gasteiger partial charge in [0.2, 0.25) is 0 Å². The van der Waals surface area contributed by atoms with Gasteiger partial charge in [0, 0.05) is 16.8 Å². The van der Waals surface area contributed by atoms with Crippen molar-refractivity contribution in [2.75, 3.05) is 12.4 Å². The number of ether oxygens (including phenoxy) is 1. The zero-order valence-corrected chi connectivity index (χ0v) is 10.9. The van der Waals surface area contributed by atoms with E-state index in [0.29, 0.717) is 11.6 Å². The van der Waals surface area contributed by atoms with Crippen LogP contribution >= 0.6 is 24.2 Å². The van der Waals surface area contributed by atoms with E-state index in [4.69, 9.17) is 22.1 Å². The summed E-state index contributed by atoms with van der Waals surface area (Å²) >= 11 is 9.98. The maximum atomic E-state index is 5.84. The highest BCUT2D eigenvalue weighted by Crippen LogP contribution is 2.17. The molecule has 2 N–H and O–H groups in total. The van der Waals surface area contributed by atoms with Crippen molar-refractivity contribution in [1.82, 2.24) is 0 Å². The molecule has 0 aliphatic heterocycles. The standard InChI is InChI=1S/C12H18ClNOS/c13-10-4-3-6-12(8-10)15-7-2-1-5-11(14)9-16/h3-4,6,8,11,16H,1-2,5,7,9,14H2. The summed E-state index contributed by atoms with van der Waals surface area (Å²) in [7, 11) is 0. The molecule has 0 aliphatic rings. The summed E-state index contributed by atoms with van der Waals surface area (Å²) in [5.74, 6) is 1.57. The lowest BCUT2D eigenvalue weighted by Gasteiger charge is -2.09. The van der Waals surface area contributed by atoms with Crippen LogP contribution in [0.1, 0.15) is 19.3 Å². The predicted molar refractivity (Wildman–Crippen MR) is 72.6 cm³/mol. The minimum Gasteiger partial charge on any atom is -0.494 e. The van der Waals surface area contributed by atoms with Crippen LogP contribution in [0, 0.1) is 0 Å². The summed E-state index contributed by atoms with van der Waals surface area (Å²) in [6.07, 6.45) is 3.08. The molecule has 0 saturated heterocycles. The van der Waals surface area contributed by atoms with E-state index in [0.717, 1.165) is 30.8 Å². The summed E-state index contributed by atoms with van der Waals surface area (Å²) in [6, 6.07) is 7.65. The smallest absolute Gasteiger partial charge is 0.120 e. The van der Waals surface area contributed by atoms with Gasteiger partial charge < -0.3 is 10.5 Å². The highest BCUT2D eigenvalue weighted by Gasteiger charge is 1.99. The third-order valence-electron chi connectivity index (χ3n) is 2.27. The van der Waals surface area contributed by atoms with Crippen molar-refractivity contribution in [3.05, 3.63) is 29.3 Å². The first-order valence-electron chi connectivity index (χ1n) is 5.47. The second-order valence-electron chi connectivity index (χ2n) is 3.74. The van der Waals surface area contributed by atoms with E-state index in [1.165, 1.54) is 0 Å². The van der Waals surface area contributed by atoms with Gasteiger partial charge in [-0.3, -0.25) is 0 Å². The van der Waals surface area contributed by atoms with Crippen molar-refractivity contribution in [2.24, 2.45) is 5.73 Å². The fourth-order valence-electron chi connectivity index (χ4n) is 1.35. The van der Waals surface area contributed by atoms with Gasteiger partial charge in [0.1, 0.15) is 5.75 Å². The summed E-state index contributed by atoms with van der Waals surface area (Å²) in [5.41, 5.74) is 5.75. The van der Waals surface area contributed by atoms with E-state index in [2.05, 4.69) is 12.6 Å². The molecule has 0 heterocycles. The number of rotatable bonds is 7. The highest BCUT2D eigenvalue weighted by atomic mass is 35.5. The first kappa shape index (κ1) is 13.7. The van der Waals surface area contributed by atoms with Gasteiger partial charge in [-0.25, -0.2) is 0 Å². The lowest BCUT2D eigenvalue weighted by atomic mass is 10.1. The molecule has 0 spiro atoms. The maximum absolute atomic E-state index is 5.84. The summed E-state index contributed by atoms with van der Waals surface area (Å²) in [6.45, 7) is 0.708. The van der Waals surface area contributed by atoms with E-state index in [1.54, 1.807) is 0 Å². The van der Waals surface area contributed by atoms with E-state index >= 15 is 0 Å². The van der Waals surface area contributed by atoms with Crippen LogP contribution in [0.5, 0.6) is 5.75 Å². The first-order chi connectivity index (χ1) is 7.72. The molecule has 1 aromatic carbocycles. The van der Waals surface area contributed by atoms with Crippen LogP contribution in [0.15, 0.2) is 24.3 Å². The Morgan fingerprint density at radius 1 is 1.38 bits per heavy atom. The largest absolute Gasteiger partial charge is 0.494 e. The van der Waals surface area contributed by atoms with Crippen molar-refractivity contribution in [2.45, 2.75) is 25.3 Å². The molecular formula is C12H18ClNOS. The van der Waals surface area contributed by atoms with Gasteiger partial charge in [-0.1, -0.05) is 17.7 Å². The first-order valence-corrected chi connectivity index (χ1v) is 6.48. The molecule has 2 nitrogen and oxygen atoms in total. The molecule has 0 saturated carbocycles. The Labute approximate surface area is 108 Å². The Kier molecular flexibility index (Phi) is 6.69. The van der Waals surface area contributed by atoms with Crippen molar-refractivity contribution >= 4 is 24.2 Å². The molecule has 0 amide bonds. The Hall–Kier alpha value is -0.380. The summed E-state index contributed by atoms with van der Waals surface area (Å²) in [4.78, 5) is 0.